The van der Waals surface area contributed by atoms with Crippen LogP contribution in [-0.2, 0) is 16.0 Å². The summed E-state index contributed by atoms with van der Waals surface area (Å²) in [5.74, 6) is -0.491. The normalized spacial score (nSPS) is 10.0. The van der Waals surface area contributed by atoms with Gasteiger partial charge < -0.3 is 15.2 Å². The molecule has 1 amide bonds. The number of ether oxygens (including phenoxy) is 1. The lowest BCUT2D eigenvalue weighted by atomic mass is 10.1. The highest BCUT2D eigenvalue weighted by Crippen LogP contribution is 2.25. The van der Waals surface area contributed by atoms with Gasteiger partial charge in [-0.3, -0.25) is 9.59 Å². The molecule has 104 valence electrons. The zero-order valence-electron chi connectivity index (χ0n) is 11.2. The third kappa shape index (κ3) is 4.99. The van der Waals surface area contributed by atoms with Gasteiger partial charge in [0, 0.05) is 12.8 Å². The summed E-state index contributed by atoms with van der Waals surface area (Å²) in [6.45, 7) is 2.03. The maximum atomic E-state index is 11.7. The first kappa shape index (κ1) is 15.0. The van der Waals surface area contributed by atoms with Crippen molar-refractivity contribution in [2.75, 3.05) is 12.4 Å². The lowest BCUT2D eigenvalue weighted by Crippen LogP contribution is -2.13. The van der Waals surface area contributed by atoms with Crippen LogP contribution in [0.2, 0.25) is 0 Å². The first-order valence-electron chi connectivity index (χ1n) is 6.25. The molecule has 0 spiro atoms. The van der Waals surface area contributed by atoms with Crippen LogP contribution in [-0.4, -0.2) is 24.1 Å². The van der Waals surface area contributed by atoms with Crippen molar-refractivity contribution in [3.8, 4) is 5.75 Å². The summed E-state index contributed by atoms with van der Waals surface area (Å²) in [7, 11) is 1.54. The van der Waals surface area contributed by atoms with Gasteiger partial charge in [0.05, 0.1) is 12.8 Å². The third-order valence-electron chi connectivity index (χ3n) is 2.74. The molecule has 0 radical (unpaired) electrons. The molecule has 0 unspecified atom stereocenters. The number of benzene rings is 1. The Kier molecular flexibility index (Phi) is 5.85. The van der Waals surface area contributed by atoms with Crippen molar-refractivity contribution in [3.63, 3.8) is 0 Å². The van der Waals surface area contributed by atoms with Gasteiger partial charge in [-0.25, -0.2) is 0 Å². The Bertz CT molecular complexity index is 457. The van der Waals surface area contributed by atoms with Gasteiger partial charge in [0.15, 0.2) is 0 Å². The number of amides is 1. The molecule has 0 aliphatic rings. The van der Waals surface area contributed by atoms with Crippen molar-refractivity contribution in [1.29, 1.82) is 0 Å². The van der Waals surface area contributed by atoms with E-state index in [0.717, 1.165) is 12.0 Å². The SMILES string of the molecule is CCc1ccc(OC)c(NC(=O)CCCC(=O)O)c1. The smallest absolute Gasteiger partial charge is 0.303 e. The average molecular weight is 265 g/mol. The number of aliphatic carboxylic acids is 1. The minimum atomic E-state index is -0.890. The van der Waals surface area contributed by atoms with Gasteiger partial charge in [0.2, 0.25) is 5.91 Å². The number of aryl methyl sites for hydroxylation is 1. The summed E-state index contributed by atoms with van der Waals surface area (Å²) >= 11 is 0. The summed E-state index contributed by atoms with van der Waals surface area (Å²) < 4.78 is 5.18. The van der Waals surface area contributed by atoms with Crippen LogP contribution in [0, 0.1) is 0 Å². The number of hydrogen-bond donors (Lipinski definition) is 2. The van der Waals surface area contributed by atoms with Crippen LogP contribution in [0.3, 0.4) is 0 Å². The fraction of sp³-hybridized carbons (Fsp3) is 0.429. The minimum absolute atomic E-state index is 0.000442. The van der Waals surface area contributed by atoms with Crippen molar-refractivity contribution in [1.82, 2.24) is 0 Å². The number of anilines is 1. The molecular formula is C14H19NO4. The van der Waals surface area contributed by atoms with Crippen LogP contribution in [0.4, 0.5) is 5.69 Å². The van der Waals surface area contributed by atoms with E-state index in [-0.39, 0.29) is 18.7 Å². The summed E-state index contributed by atoms with van der Waals surface area (Å²) in [6.07, 6.45) is 1.38. The molecule has 0 fully saturated rings. The fourth-order valence-corrected chi connectivity index (χ4v) is 1.69. The van der Waals surface area contributed by atoms with Gasteiger partial charge in [-0.1, -0.05) is 13.0 Å². The van der Waals surface area contributed by atoms with E-state index >= 15 is 0 Å². The number of carbonyl (C=O) groups excluding carboxylic acids is 1. The van der Waals surface area contributed by atoms with Crippen LogP contribution >= 0.6 is 0 Å². The molecule has 0 aromatic heterocycles. The summed E-state index contributed by atoms with van der Waals surface area (Å²) in [6, 6.07) is 5.62. The molecule has 0 aliphatic heterocycles. The average Bonchev–Trinajstić information content (AvgIpc) is 2.38. The first-order chi connectivity index (χ1) is 9.06. The molecule has 0 saturated carbocycles. The molecule has 5 nitrogen and oxygen atoms in total. The van der Waals surface area contributed by atoms with E-state index in [4.69, 9.17) is 9.84 Å². The molecule has 1 aromatic rings. The molecule has 1 aromatic carbocycles. The van der Waals surface area contributed by atoms with Gasteiger partial charge in [0.25, 0.3) is 0 Å². The highest BCUT2D eigenvalue weighted by molar-refractivity contribution is 5.92. The van der Waals surface area contributed by atoms with Gasteiger partial charge >= 0.3 is 5.97 Å². The largest absolute Gasteiger partial charge is 0.495 e. The van der Waals surface area contributed by atoms with E-state index in [1.165, 1.54) is 0 Å². The number of methoxy groups -OCH3 is 1. The highest BCUT2D eigenvalue weighted by Gasteiger charge is 2.09. The zero-order valence-corrected chi connectivity index (χ0v) is 11.2. The van der Waals surface area contributed by atoms with Crippen molar-refractivity contribution < 1.29 is 19.4 Å². The van der Waals surface area contributed by atoms with Crippen LogP contribution in [0.1, 0.15) is 31.7 Å². The number of nitrogens with one attached hydrogen (secondary N) is 1. The number of hydrogen-bond acceptors (Lipinski definition) is 3. The Labute approximate surface area is 112 Å². The third-order valence-corrected chi connectivity index (χ3v) is 2.74. The van der Waals surface area contributed by atoms with E-state index in [1.807, 2.05) is 25.1 Å². The molecule has 2 N–H and O–H groups in total. The maximum Gasteiger partial charge on any atom is 0.303 e. The summed E-state index contributed by atoms with van der Waals surface area (Å²) in [5.41, 5.74) is 1.73. The van der Waals surface area contributed by atoms with Gasteiger partial charge in [-0.05, 0) is 30.5 Å². The van der Waals surface area contributed by atoms with E-state index in [2.05, 4.69) is 5.32 Å². The molecule has 1 rings (SSSR count). The number of carbonyl (C=O) groups is 2. The molecule has 0 saturated heterocycles. The minimum Gasteiger partial charge on any atom is -0.495 e. The van der Waals surface area contributed by atoms with Crippen LogP contribution in [0.5, 0.6) is 5.75 Å². The number of rotatable bonds is 7. The lowest BCUT2D eigenvalue weighted by Gasteiger charge is -2.11. The maximum absolute atomic E-state index is 11.7. The molecule has 19 heavy (non-hydrogen) atoms. The van der Waals surface area contributed by atoms with Gasteiger partial charge in [-0.2, -0.15) is 0 Å². The molecular weight excluding hydrogens is 246 g/mol. The topological polar surface area (TPSA) is 75.6 Å². The second-order valence-corrected chi connectivity index (χ2v) is 4.18. The van der Waals surface area contributed by atoms with Gasteiger partial charge in [0.1, 0.15) is 5.75 Å². The quantitative estimate of drug-likeness (QED) is 0.794. The predicted molar refractivity (Wildman–Crippen MR) is 72.5 cm³/mol. The zero-order chi connectivity index (χ0) is 14.3. The Hall–Kier alpha value is -2.04. The molecule has 0 bridgehead atoms. The standard InChI is InChI=1S/C14H19NO4/c1-3-10-7-8-12(19-2)11(9-10)15-13(16)5-4-6-14(17)18/h7-9H,3-6H2,1-2H3,(H,15,16)(H,17,18). The van der Waals surface area contributed by atoms with E-state index in [9.17, 15) is 9.59 Å². The Balaban J connectivity index is 2.64. The Morgan fingerprint density at radius 3 is 2.63 bits per heavy atom. The van der Waals surface area contributed by atoms with Crippen LogP contribution in [0.15, 0.2) is 18.2 Å². The van der Waals surface area contributed by atoms with E-state index in [1.54, 1.807) is 7.11 Å². The second kappa shape index (κ2) is 7.41. The number of carboxylic acid groups (broad SMARTS) is 1. The lowest BCUT2D eigenvalue weighted by molar-refractivity contribution is -0.137. The van der Waals surface area contributed by atoms with Crippen molar-refractivity contribution in [2.45, 2.75) is 32.6 Å². The Morgan fingerprint density at radius 1 is 1.32 bits per heavy atom. The summed E-state index contributed by atoms with van der Waals surface area (Å²) in [5, 5.41) is 11.3. The predicted octanol–water partition coefficient (Wildman–Crippen LogP) is 2.45. The fourth-order valence-electron chi connectivity index (χ4n) is 1.69. The van der Waals surface area contributed by atoms with Crippen molar-refractivity contribution in [2.24, 2.45) is 0 Å². The highest BCUT2D eigenvalue weighted by atomic mass is 16.5. The van der Waals surface area contributed by atoms with Crippen molar-refractivity contribution in [3.05, 3.63) is 23.8 Å². The van der Waals surface area contributed by atoms with Crippen molar-refractivity contribution >= 4 is 17.6 Å². The molecule has 0 atom stereocenters. The number of carboxylic acids is 1. The van der Waals surface area contributed by atoms with Gasteiger partial charge in [-0.15, -0.1) is 0 Å². The molecule has 0 aliphatic carbocycles. The molecule has 5 heteroatoms. The Morgan fingerprint density at radius 2 is 2.05 bits per heavy atom. The molecule has 0 heterocycles. The monoisotopic (exact) mass is 265 g/mol. The second-order valence-electron chi connectivity index (χ2n) is 4.18. The van der Waals surface area contributed by atoms with E-state index in [0.29, 0.717) is 17.9 Å². The van der Waals surface area contributed by atoms with E-state index < -0.39 is 5.97 Å². The summed E-state index contributed by atoms with van der Waals surface area (Å²) in [4.78, 5) is 22.1. The van der Waals surface area contributed by atoms with Crippen LogP contribution < -0.4 is 10.1 Å². The van der Waals surface area contributed by atoms with Crippen LogP contribution in [0.25, 0.3) is 0 Å². The first-order valence-corrected chi connectivity index (χ1v) is 6.25.